The third-order valence-electron chi connectivity index (χ3n) is 5.68. The molecule has 33 heavy (non-hydrogen) atoms. The van der Waals surface area contributed by atoms with Crippen LogP contribution < -0.4 is 10.5 Å². The van der Waals surface area contributed by atoms with Gasteiger partial charge in [-0.05, 0) is 48.8 Å². The highest BCUT2D eigenvalue weighted by molar-refractivity contribution is 5.82. The first-order valence-electron chi connectivity index (χ1n) is 11.5. The Hall–Kier alpha value is -2.80. The Kier molecular flexibility index (Phi) is 11.0. The minimum atomic E-state index is -0.758. The number of hydrogen-bond donors (Lipinski definition) is 1. The number of carbonyl (C=O) groups is 2. The van der Waals surface area contributed by atoms with Crippen molar-refractivity contribution < 1.29 is 28.5 Å². The zero-order valence-electron chi connectivity index (χ0n) is 20.1. The molecular formula is C26H37NO6. The van der Waals surface area contributed by atoms with Gasteiger partial charge in [-0.2, -0.15) is 0 Å². The van der Waals surface area contributed by atoms with Crippen LogP contribution in [0.4, 0.5) is 4.79 Å². The number of carbonyl (C=O) groups excluding carboxylic acids is 2. The van der Waals surface area contributed by atoms with Gasteiger partial charge in [-0.25, -0.2) is 9.59 Å². The first-order chi connectivity index (χ1) is 15.8. The van der Waals surface area contributed by atoms with Crippen molar-refractivity contribution in [3.63, 3.8) is 0 Å². The number of esters is 1. The van der Waals surface area contributed by atoms with Gasteiger partial charge in [0.05, 0.1) is 20.3 Å². The molecule has 0 unspecified atom stereocenters. The van der Waals surface area contributed by atoms with Crippen molar-refractivity contribution in [1.82, 2.24) is 0 Å². The molecule has 1 aliphatic rings. The lowest BCUT2D eigenvalue weighted by atomic mass is 9.92. The minimum absolute atomic E-state index is 0.0574. The molecule has 5 atom stereocenters. The van der Waals surface area contributed by atoms with E-state index in [-0.39, 0.29) is 30.5 Å². The third-order valence-corrected chi connectivity index (χ3v) is 5.68. The number of cyclic esters (lactones) is 1. The van der Waals surface area contributed by atoms with Crippen molar-refractivity contribution in [2.45, 2.75) is 58.8 Å². The molecule has 0 fully saturated rings. The van der Waals surface area contributed by atoms with E-state index < -0.39 is 18.2 Å². The maximum Gasteiger partial charge on any atom is 0.404 e. The van der Waals surface area contributed by atoms with Crippen molar-refractivity contribution >= 4 is 12.1 Å². The third kappa shape index (κ3) is 10.1. The largest absolute Gasteiger partial charge is 0.497 e. The van der Waals surface area contributed by atoms with Gasteiger partial charge in [0.25, 0.3) is 0 Å². The Balaban J connectivity index is 2.06. The highest BCUT2D eigenvalue weighted by Gasteiger charge is 2.22. The molecule has 1 heterocycles. The summed E-state index contributed by atoms with van der Waals surface area (Å²) in [6.45, 7) is 6.79. The molecule has 0 aromatic heterocycles. The van der Waals surface area contributed by atoms with E-state index >= 15 is 0 Å². The van der Waals surface area contributed by atoms with Crippen LogP contribution in [-0.4, -0.2) is 38.0 Å². The summed E-state index contributed by atoms with van der Waals surface area (Å²) >= 11 is 0. The highest BCUT2D eigenvalue weighted by atomic mass is 16.6. The van der Waals surface area contributed by atoms with Gasteiger partial charge in [0.1, 0.15) is 18.0 Å². The Morgan fingerprint density at radius 2 is 1.85 bits per heavy atom. The van der Waals surface area contributed by atoms with Crippen LogP contribution in [0.15, 0.2) is 48.6 Å². The summed E-state index contributed by atoms with van der Waals surface area (Å²) in [6.07, 6.45) is 7.94. The highest BCUT2D eigenvalue weighted by Crippen LogP contribution is 2.22. The SMILES string of the molecule is COc1ccc(COC[C@@H]2OC(=O)/C=C\C[C@H](C)C[C@H](OC(N)=O)C[C@H](C)/C=C/[C@H]2C)cc1. The second-order valence-corrected chi connectivity index (χ2v) is 8.83. The van der Waals surface area contributed by atoms with Gasteiger partial charge in [-0.1, -0.05) is 51.1 Å². The number of benzene rings is 1. The van der Waals surface area contributed by atoms with Crippen molar-refractivity contribution in [1.29, 1.82) is 0 Å². The van der Waals surface area contributed by atoms with Crippen LogP contribution in [0.3, 0.4) is 0 Å². The molecule has 1 aromatic rings. The zero-order chi connectivity index (χ0) is 24.2. The fourth-order valence-electron chi connectivity index (χ4n) is 3.78. The predicted octanol–water partition coefficient (Wildman–Crippen LogP) is 4.79. The lowest BCUT2D eigenvalue weighted by Gasteiger charge is -2.24. The number of rotatable bonds is 6. The molecule has 1 amide bonds. The molecule has 0 aliphatic carbocycles. The van der Waals surface area contributed by atoms with Crippen molar-refractivity contribution in [2.24, 2.45) is 23.5 Å². The summed E-state index contributed by atoms with van der Waals surface area (Å²) in [6, 6.07) is 7.65. The maximum atomic E-state index is 12.4. The molecule has 0 radical (unpaired) electrons. The Morgan fingerprint density at radius 3 is 2.52 bits per heavy atom. The van der Waals surface area contributed by atoms with Crippen LogP contribution in [0.5, 0.6) is 5.75 Å². The summed E-state index contributed by atoms with van der Waals surface area (Å²) in [5.41, 5.74) is 6.27. The number of allylic oxidation sites excluding steroid dienone is 2. The fourth-order valence-corrected chi connectivity index (χ4v) is 3.78. The van der Waals surface area contributed by atoms with Crippen LogP contribution in [-0.2, 0) is 25.6 Å². The van der Waals surface area contributed by atoms with Crippen molar-refractivity contribution in [2.75, 3.05) is 13.7 Å². The second-order valence-electron chi connectivity index (χ2n) is 8.83. The molecule has 0 bridgehead atoms. The van der Waals surface area contributed by atoms with E-state index in [0.29, 0.717) is 25.9 Å². The van der Waals surface area contributed by atoms with Crippen LogP contribution in [0.25, 0.3) is 0 Å². The minimum Gasteiger partial charge on any atom is -0.497 e. The average molecular weight is 460 g/mol. The van der Waals surface area contributed by atoms with E-state index in [4.69, 9.17) is 24.7 Å². The maximum absolute atomic E-state index is 12.4. The van der Waals surface area contributed by atoms with Gasteiger partial charge >= 0.3 is 12.1 Å². The normalized spacial score (nSPS) is 28.7. The summed E-state index contributed by atoms with van der Waals surface area (Å²) in [5, 5.41) is 0. The molecule has 0 spiro atoms. The predicted molar refractivity (Wildman–Crippen MR) is 127 cm³/mol. The lowest BCUT2D eigenvalue weighted by molar-refractivity contribution is -0.148. The Bertz CT molecular complexity index is 804. The number of ether oxygens (including phenoxy) is 4. The van der Waals surface area contributed by atoms with E-state index in [1.54, 1.807) is 13.2 Å². The standard InChI is InChI=1S/C26H37NO6/c1-18-6-5-7-25(28)33-24(17-31-16-21-10-12-22(30-4)13-11-21)20(3)9-8-19(2)15-23(14-18)32-26(27)29/h5,7-13,18-20,23-24H,6,14-17H2,1-4H3,(H2,27,29)/b7-5-,9-8+/t18-,19+,20+,23-,24-/m0/s1. The van der Waals surface area contributed by atoms with Crippen LogP contribution >= 0.6 is 0 Å². The van der Waals surface area contributed by atoms with Gasteiger partial charge in [0.2, 0.25) is 0 Å². The fraction of sp³-hybridized carbons (Fsp3) is 0.538. The van der Waals surface area contributed by atoms with E-state index in [0.717, 1.165) is 11.3 Å². The topological polar surface area (TPSA) is 97.1 Å². The lowest BCUT2D eigenvalue weighted by Crippen LogP contribution is -2.29. The molecule has 7 heteroatoms. The summed E-state index contributed by atoms with van der Waals surface area (Å²) in [7, 11) is 1.63. The summed E-state index contributed by atoms with van der Waals surface area (Å²) in [4.78, 5) is 23.7. The molecule has 0 saturated heterocycles. The quantitative estimate of drug-likeness (QED) is 0.485. The Morgan fingerprint density at radius 1 is 1.12 bits per heavy atom. The van der Waals surface area contributed by atoms with Crippen LogP contribution in [0.2, 0.25) is 0 Å². The average Bonchev–Trinajstić information content (AvgIpc) is 2.76. The van der Waals surface area contributed by atoms with E-state index in [1.807, 2.05) is 37.3 Å². The van der Waals surface area contributed by atoms with E-state index in [9.17, 15) is 9.59 Å². The first kappa shape index (κ1) is 26.5. The smallest absolute Gasteiger partial charge is 0.404 e. The molecule has 1 aromatic carbocycles. The second kappa shape index (κ2) is 13.7. The Labute approximate surface area is 196 Å². The summed E-state index contributed by atoms with van der Waals surface area (Å²) in [5.74, 6) is 0.726. The number of hydrogen-bond acceptors (Lipinski definition) is 6. The monoisotopic (exact) mass is 459 g/mol. The van der Waals surface area contributed by atoms with Crippen LogP contribution in [0, 0.1) is 17.8 Å². The van der Waals surface area contributed by atoms with Crippen molar-refractivity contribution in [3.05, 3.63) is 54.1 Å². The molecule has 2 rings (SSSR count). The molecule has 182 valence electrons. The summed E-state index contributed by atoms with van der Waals surface area (Å²) < 4.78 is 22.1. The van der Waals surface area contributed by atoms with Gasteiger partial charge < -0.3 is 24.7 Å². The molecule has 0 saturated carbocycles. The van der Waals surface area contributed by atoms with Gasteiger partial charge in [0, 0.05) is 12.0 Å². The molecule has 1 aliphatic heterocycles. The zero-order valence-corrected chi connectivity index (χ0v) is 20.1. The number of methoxy groups -OCH3 is 1. The number of amides is 1. The van der Waals surface area contributed by atoms with Crippen molar-refractivity contribution in [3.8, 4) is 5.75 Å². The van der Waals surface area contributed by atoms with E-state index in [1.165, 1.54) is 6.08 Å². The molecule has 2 N–H and O–H groups in total. The van der Waals surface area contributed by atoms with Gasteiger partial charge in [0.15, 0.2) is 0 Å². The molecule has 7 nitrogen and oxygen atoms in total. The van der Waals surface area contributed by atoms with E-state index in [2.05, 4.69) is 19.9 Å². The van der Waals surface area contributed by atoms with Gasteiger partial charge in [-0.3, -0.25) is 0 Å². The van der Waals surface area contributed by atoms with Gasteiger partial charge in [-0.15, -0.1) is 0 Å². The number of nitrogens with two attached hydrogens (primary N) is 1. The van der Waals surface area contributed by atoms with Crippen LogP contribution in [0.1, 0.15) is 45.6 Å². The number of primary amides is 1. The first-order valence-corrected chi connectivity index (χ1v) is 11.5. The molecular weight excluding hydrogens is 422 g/mol.